The molecule has 0 aliphatic carbocycles. The zero-order chi connectivity index (χ0) is 14.9. The van der Waals surface area contributed by atoms with Crippen LogP contribution in [-0.4, -0.2) is 19.7 Å². The molecule has 0 aliphatic rings. The van der Waals surface area contributed by atoms with Gasteiger partial charge < -0.3 is 14.8 Å². The Hall–Kier alpha value is -2.49. The predicted octanol–water partition coefficient (Wildman–Crippen LogP) is 3.16. The van der Waals surface area contributed by atoms with Crippen molar-refractivity contribution in [2.24, 2.45) is 0 Å². The summed E-state index contributed by atoms with van der Waals surface area (Å²) in [5, 5.41) is 2.74. The average Bonchev–Trinajstić information content (AvgIpc) is 2.54. The first-order valence-electron chi connectivity index (χ1n) is 6.86. The van der Waals surface area contributed by atoms with E-state index in [-0.39, 0.29) is 6.61 Å². The van der Waals surface area contributed by atoms with E-state index in [1.54, 1.807) is 7.11 Å². The van der Waals surface area contributed by atoms with Crippen LogP contribution in [0.15, 0.2) is 54.6 Å². The van der Waals surface area contributed by atoms with E-state index in [0.29, 0.717) is 13.0 Å². The van der Waals surface area contributed by atoms with Gasteiger partial charge in [0.15, 0.2) is 0 Å². The van der Waals surface area contributed by atoms with Crippen LogP contribution in [0.1, 0.15) is 11.1 Å². The molecule has 21 heavy (non-hydrogen) atoms. The normalized spacial score (nSPS) is 9.95. The molecule has 0 atom stereocenters. The number of alkyl carbamates (subject to hydrolysis) is 1. The molecule has 0 unspecified atom stereocenters. The number of hydrogen-bond donors (Lipinski definition) is 1. The van der Waals surface area contributed by atoms with Gasteiger partial charge in [-0.25, -0.2) is 4.79 Å². The molecule has 0 bridgehead atoms. The van der Waals surface area contributed by atoms with Gasteiger partial charge in [-0.05, 0) is 23.6 Å². The lowest BCUT2D eigenvalue weighted by molar-refractivity contribution is 0.140. The van der Waals surface area contributed by atoms with Gasteiger partial charge in [0, 0.05) is 6.54 Å². The van der Waals surface area contributed by atoms with Gasteiger partial charge in [0.25, 0.3) is 0 Å². The van der Waals surface area contributed by atoms with E-state index in [1.165, 1.54) is 0 Å². The van der Waals surface area contributed by atoms with Crippen LogP contribution in [0, 0.1) is 0 Å². The van der Waals surface area contributed by atoms with Gasteiger partial charge in [0.1, 0.15) is 12.4 Å². The standard InChI is InChI=1S/C17H19NO3/c1-20-16-10-6-5-9-15(16)11-12-18-17(19)21-13-14-7-3-2-4-8-14/h2-10H,11-13H2,1H3,(H,18,19). The molecule has 0 heterocycles. The fourth-order valence-corrected chi connectivity index (χ4v) is 1.98. The molecule has 0 saturated carbocycles. The maximum absolute atomic E-state index is 11.6. The van der Waals surface area contributed by atoms with Gasteiger partial charge in [-0.1, -0.05) is 48.5 Å². The molecule has 0 saturated heterocycles. The minimum absolute atomic E-state index is 0.279. The number of amides is 1. The number of benzene rings is 2. The van der Waals surface area contributed by atoms with Crippen LogP contribution in [0.5, 0.6) is 5.75 Å². The number of ether oxygens (including phenoxy) is 2. The maximum atomic E-state index is 11.6. The van der Waals surface area contributed by atoms with Crippen molar-refractivity contribution in [2.75, 3.05) is 13.7 Å². The van der Waals surface area contributed by atoms with E-state index in [2.05, 4.69) is 5.32 Å². The van der Waals surface area contributed by atoms with Crippen molar-refractivity contribution >= 4 is 6.09 Å². The van der Waals surface area contributed by atoms with Gasteiger partial charge in [0.05, 0.1) is 7.11 Å². The van der Waals surface area contributed by atoms with Crippen molar-refractivity contribution in [1.29, 1.82) is 0 Å². The second kappa shape index (κ2) is 7.94. The molecule has 0 aromatic heterocycles. The molecule has 2 aromatic rings. The fourth-order valence-electron chi connectivity index (χ4n) is 1.98. The summed E-state index contributed by atoms with van der Waals surface area (Å²) in [7, 11) is 1.64. The zero-order valence-corrected chi connectivity index (χ0v) is 12.0. The smallest absolute Gasteiger partial charge is 0.407 e. The molecule has 4 nitrogen and oxygen atoms in total. The third kappa shape index (κ3) is 4.84. The first-order chi connectivity index (χ1) is 10.3. The topological polar surface area (TPSA) is 47.6 Å². The Morgan fingerprint density at radius 3 is 2.52 bits per heavy atom. The molecule has 4 heteroatoms. The molecule has 1 N–H and O–H groups in total. The minimum atomic E-state index is -0.409. The number of hydrogen-bond acceptors (Lipinski definition) is 3. The maximum Gasteiger partial charge on any atom is 0.407 e. The van der Waals surface area contributed by atoms with Crippen LogP contribution in [-0.2, 0) is 17.8 Å². The van der Waals surface area contributed by atoms with Crippen molar-refractivity contribution in [3.8, 4) is 5.75 Å². The SMILES string of the molecule is COc1ccccc1CCNC(=O)OCc1ccccc1. The molecule has 2 aromatic carbocycles. The Labute approximate surface area is 124 Å². The van der Waals surface area contributed by atoms with Crippen molar-refractivity contribution < 1.29 is 14.3 Å². The Morgan fingerprint density at radius 2 is 1.76 bits per heavy atom. The Balaban J connectivity index is 1.72. The van der Waals surface area contributed by atoms with Gasteiger partial charge in [-0.15, -0.1) is 0 Å². The highest BCUT2D eigenvalue weighted by Gasteiger charge is 2.04. The Bertz CT molecular complexity index is 569. The van der Waals surface area contributed by atoms with Gasteiger partial charge in [-0.2, -0.15) is 0 Å². The molecule has 0 spiro atoms. The van der Waals surface area contributed by atoms with Crippen LogP contribution in [0.4, 0.5) is 4.79 Å². The second-order valence-corrected chi connectivity index (χ2v) is 4.55. The molecule has 0 aliphatic heterocycles. The van der Waals surface area contributed by atoms with E-state index < -0.39 is 6.09 Å². The lowest BCUT2D eigenvalue weighted by atomic mass is 10.1. The highest BCUT2D eigenvalue weighted by atomic mass is 16.5. The largest absolute Gasteiger partial charge is 0.496 e. The zero-order valence-electron chi connectivity index (χ0n) is 12.0. The number of carbonyl (C=O) groups excluding carboxylic acids is 1. The molecular weight excluding hydrogens is 266 g/mol. The number of rotatable bonds is 6. The summed E-state index contributed by atoms with van der Waals surface area (Å²) in [5.41, 5.74) is 2.03. The number of methoxy groups -OCH3 is 1. The summed E-state index contributed by atoms with van der Waals surface area (Å²) in [6.45, 7) is 0.787. The summed E-state index contributed by atoms with van der Waals surface area (Å²) in [6.07, 6.45) is 0.290. The highest BCUT2D eigenvalue weighted by Crippen LogP contribution is 2.17. The van der Waals surface area contributed by atoms with Gasteiger partial charge in [-0.3, -0.25) is 0 Å². The van der Waals surface area contributed by atoms with E-state index in [0.717, 1.165) is 16.9 Å². The summed E-state index contributed by atoms with van der Waals surface area (Å²) < 4.78 is 10.4. The van der Waals surface area contributed by atoms with Crippen LogP contribution in [0.3, 0.4) is 0 Å². The number of para-hydroxylation sites is 1. The molecule has 0 fully saturated rings. The van der Waals surface area contributed by atoms with Crippen LogP contribution in [0.25, 0.3) is 0 Å². The lowest BCUT2D eigenvalue weighted by Crippen LogP contribution is -2.26. The fraction of sp³-hybridized carbons (Fsp3) is 0.235. The van der Waals surface area contributed by atoms with E-state index in [9.17, 15) is 4.79 Å². The van der Waals surface area contributed by atoms with E-state index in [1.807, 2.05) is 54.6 Å². The molecule has 2 rings (SSSR count). The van der Waals surface area contributed by atoms with Crippen molar-refractivity contribution in [3.63, 3.8) is 0 Å². The first-order valence-corrected chi connectivity index (χ1v) is 6.86. The van der Waals surface area contributed by atoms with E-state index in [4.69, 9.17) is 9.47 Å². The summed E-state index contributed by atoms with van der Waals surface area (Å²) in [5.74, 6) is 0.831. The number of nitrogens with one attached hydrogen (secondary N) is 1. The van der Waals surface area contributed by atoms with Crippen molar-refractivity contribution in [1.82, 2.24) is 5.32 Å². The summed E-state index contributed by atoms with van der Waals surface area (Å²) in [6, 6.07) is 17.4. The van der Waals surface area contributed by atoms with Crippen LogP contribution < -0.4 is 10.1 Å². The first kappa shape index (κ1) is 14.9. The lowest BCUT2D eigenvalue weighted by Gasteiger charge is -2.09. The Kier molecular flexibility index (Phi) is 5.64. The molecular formula is C17H19NO3. The third-order valence-electron chi connectivity index (χ3n) is 3.07. The highest BCUT2D eigenvalue weighted by molar-refractivity contribution is 5.67. The minimum Gasteiger partial charge on any atom is -0.496 e. The van der Waals surface area contributed by atoms with Crippen molar-refractivity contribution in [2.45, 2.75) is 13.0 Å². The summed E-state index contributed by atoms with van der Waals surface area (Å²) in [4.78, 5) is 11.6. The number of carbonyl (C=O) groups is 1. The van der Waals surface area contributed by atoms with Crippen LogP contribution >= 0.6 is 0 Å². The Morgan fingerprint density at radius 1 is 1.05 bits per heavy atom. The average molecular weight is 285 g/mol. The summed E-state index contributed by atoms with van der Waals surface area (Å²) >= 11 is 0. The van der Waals surface area contributed by atoms with E-state index >= 15 is 0 Å². The van der Waals surface area contributed by atoms with Gasteiger partial charge in [0.2, 0.25) is 0 Å². The predicted molar refractivity (Wildman–Crippen MR) is 81.3 cm³/mol. The molecule has 0 radical (unpaired) electrons. The monoisotopic (exact) mass is 285 g/mol. The molecule has 1 amide bonds. The second-order valence-electron chi connectivity index (χ2n) is 4.55. The van der Waals surface area contributed by atoms with Crippen molar-refractivity contribution in [3.05, 3.63) is 65.7 Å². The third-order valence-corrected chi connectivity index (χ3v) is 3.07. The van der Waals surface area contributed by atoms with Crippen LogP contribution in [0.2, 0.25) is 0 Å². The quantitative estimate of drug-likeness (QED) is 0.887. The van der Waals surface area contributed by atoms with Gasteiger partial charge >= 0.3 is 6.09 Å². The molecule has 110 valence electrons.